The molecule has 0 rings (SSSR count). The van der Waals surface area contributed by atoms with Crippen LogP contribution in [0.5, 0.6) is 0 Å². The highest BCUT2D eigenvalue weighted by molar-refractivity contribution is 9.10. The molecule has 0 aromatic heterocycles. The molecule has 0 heterocycles. The average Bonchev–Trinajstić information content (AvgIpc) is 2.00. The van der Waals surface area contributed by atoms with Crippen molar-refractivity contribution < 1.29 is 13.2 Å². The topological polar surface area (TPSA) is 66.5 Å². The summed E-state index contributed by atoms with van der Waals surface area (Å²) in [6.45, 7) is -0.194. The highest BCUT2D eigenvalue weighted by atomic mass is 79.9. The zero-order chi connectivity index (χ0) is 9.78. The van der Waals surface area contributed by atoms with Crippen LogP contribution in [0, 0.1) is 0 Å². The molecule has 0 bridgehead atoms. The zero-order valence-electron chi connectivity index (χ0n) is 6.87. The van der Waals surface area contributed by atoms with Gasteiger partial charge in [0.25, 0.3) is 0 Å². The molecule has 0 atom stereocenters. The van der Waals surface area contributed by atoms with Gasteiger partial charge in [0.2, 0.25) is 15.9 Å². The molecule has 0 aliphatic heterocycles. The van der Waals surface area contributed by atoms with E-state index in [-0.39, 0.29) is 17.1 Å². The molecule has 1 amide bonds. The lowest BCUT2D eigenvalue weighted by Gasteiger charge is -2.09. The molecular weight excluding hydrogens is 248 g/mol. The van der Waals surface area contributed by atoms with Crippen molar-refractivity contribution >= 4 is 31.9 Å². The first-order valence-electron chi connectivity index (χ1n) is 3.12. The molecule has 0 aromatic rings. The lowest BCUT2D eigenvalue weighted by molar-refractivity contribution is -0.127. The van der Waals surface area contributed by atoms with Gasteiger partial charge in [-0.3, -0.25) is 4.79 Å². The summed E-state index contributed by atoms with van der Waals surface area (Å²) >= 11 is 2.78. The Morgan fingerprint density at radius 3 is 2.33 bits per heavy atom. The number of likely N-dealkylation sites (N-methyl/N-ethyl adjacent to an activating group) is 1. The van der Waals surface area contributed by atoms with Gasteiger partial charge in [-0.2, -0.15) is 0 Å². The van der Waals surface area contributed by atoms with E-state index >= 15 is 0 Å². The van der Waals surface area contributed by atoms with E-state index in [0.29, 0.717) is 0 Å². The van der Waals surface area contributed by atoms with Gasteiger partial charge in [-0.15, -0.1) is 0 Å². The van der Waals surface area contributed by atoms with Crippen LogP contribution in [0.1, 0.15) is 0 Å². The number of nitrogens with one attached hydrogen (secondary N) is 1. The fourth-order valence-corrected chi connectivity index (χ4v) is 1.27. The minimum atomic E-state index is -3.33. The third-order valence-electron chi connectivity index (χ3n) is 1.09. The third-order valence-corrected chi connectivity index (χ3v) is 3.77. The van der Waals surface area contributed by atoms with Crippen LogP contribution in [-0.4, -0.2) is 44.5 Å². The normalized spacial score (nSPS) is 11.2. The predicted molar refractivity (Wildman–Crippen MR) is 49.4 cm³/mol. The Hall–Kier alpha value is -0.140. The van der Waals surface area contributed by atoms with Gasteiger partial charge in [-0.25, -0.2) is 13.1 Å². The summed E-state index contributed by atoms with van der Waals surface area (Å²) < 4.78 is 23.5. The SMILES string of the molecule is CN(C)C(=O)CNS(=O)(=O)CBr. The summed E-state index contributed by atoms with van der Waals surface area (Å²) in [5.74, 6) is -0.278. The summed E-state index contributed by atoms with van der Waals surface area (Å²) in [5, 5.41) is 0. The number of hydrogen-bond donors (Lipinski definition) is 1. The van der Waals surface area contributed by atoms with Gasteiger partial charge in [0.15, 0.2) is 0 Å². The van der Waals surface area contributed by atoms with E-state index in [9.17, 15) is 13.2 Å². The van der Waals surface area contributed by atoms with Gasteiger partial charge >= 0.3 is 0 Å². The Bertz CT molecular complexity index is 249. The van der Waals surface area contributed by atoms with Crippen LogP contribution in [-0.2, 0) is 14.8 Å². The molecule has 12 heavy (non-hydrogen) atoms. The first-order valence-corrected chi connectivity index (χ1v) is 5.90. The molecule has 0 aliphatic carbocycles. The van der Waals surface area contributed by atoms with Crippen LogP contribution in [0.3, 0.4) is 0 Å². The maximum atomic E-state index is 10.9. The van der Waals surface area contributed by atoms with Crippen LogP contribution in [0.15, 0.2) is 0 Å². The Morgan fingerprint density at radius 2 is 2.00 bits per heavy atom. The number of sulfonamides is 1. The minimum Gasteiger partial charge on any atom is -0.348 e. The van der Waals surface area contributed by atoms with E-state index in [2.05, 4.69) is 20.7 Å². The summed E-state index contributed by atoms with van der Waals surface area (Å²) in [7, 11) is -0.208. The number of nitrogens with zero attached hydrogens (tertiary/aromatic N) is 1. The number of hydrogen-bond acceptors (Lipinski definition) is 3. The number of carbonyl (C=O) groups is 1. The molecule has 0 fully saturated rings. The first kappa shape index (κ1) is 11.9. The van der Waals surface area contributed by atoms with E-state index in [1.54, 1.807) is 14.1 Å². The zero-order valence-corrected chi connectivity index (χ0v) is 9.27. The van der Waals surface area contributed by atoms with E-state index in [1.165, 1.54) is 4.90 Å². The van der Waals surface area contributed by atoms with Gasteiger partial charge in [0, 0.05) is 14.1 Å². The summed E-state index contributed by atoms with van der Waals surface area (Å²) in [6.07, 6.45) is 0. The minimum absolute atomic E-state index is 0.194. The second-order valence-corrected chi connectivity index (χ2v) is 5.44. The first-order chi connectivity index (χ1) is 5.39. The summed E-state index contributed by atoms with van der Waals surface area (Å²) in [6, 6.07) is 0. The van der Waals surface area contributed by atoms with Gasteiger partial charge < -0.3 is 4.90 Å². The smallest absolute Gasteiger partial charge is 0.237 e. The Kier molecular flexibility index (Phi) is 4.73. The van der Waals surface area contributed by atoms with Gasteiger partial charge in [-0.05, 0) is 0 Å². The maximum absolute atomic E-state index is 10.9. The van der Waals surface area contributed by atoms with Crippen LogP contribution >= 0.6 is 15.9 Å². The second kappa shape index (κ2) is 4.78. The molecule has 0 unspecified atom stereocenters. The largest absolute Gasteiger partial charge is 0.348 e. The summed E-state index contributed by atoms with van der Waals surface area (Å²) in [4.78, 5) is 12.2. The monoisotopic (exact) mass is 258 g/mol. The number of rotatable bonds is 4. The van der Waals surface area contributed by atoms with Crippen molar-refractivity contribution in [3.8, 4) is 0 Å². The van der Waals surface area contributed by atoms with Crippen molar-refractivity contribution in [2.45, 2.75) is 0 Å². The van der Waals surface area contributed by atoms with Crippen molar-refractivity contribution in [2.24, 2.45) is 0 Å². The van der Waals surface area contributed by atoms with Crippen LogP contribution in [0.25, 0.3) is 0 Å². The highest BCUT2D eigenvalue weighted by Crippen LogP contribution is 1.90. The second-order valence-electron chi connectivity index (χ2n) is 2.33. The fourth-order valence-electron chi connectivity index (χ4n) is 0.368. The quantitative estimate of drug-likeness (QED) is 0.682. The third kappa shape index (κ3) is 4.68. The van der Waals surface area contributed by atoms with E-state index in [0.717, 1.165) is 0 Å². The molecule has 0 spiro atoms. The van der Waals surface area contributed by atoms with E-state index in [1.807, 2.05) is 0 Å². The number of amides is 1. The van der Waals surface area contributed by atoms with Gasteiger partial charge in [0.05, 0.1) is 6.54 Å². The molecule has 0 aromatic carbocycles. The van der Waals surface area contributed by atoms with Gasteiger partial charge in [0.1, 0.15) is 4.66 Å². The van der Waals surface area contributed by atoms with Crippen molar-refractivity contribution in [2.75, 3.05) is 25.3 Å². The average molecular weight is 259 g/mol. The van der Waals surface area contributed by atoms with Crippen molar-refractivity contribution in [3.05, 3.63) is 0 Å². The standard InChI is InChI=1S/C5H11BrN2O3S/c1-8(2)5(9)3-7-12(10,11)4-6/h7H,3-4H2,1-2H3. The molecule has 0 saturated heterocycles. The van der Waals surface area contributed by atoms with Gasteiger partial charge in [-0.1, -0.05) is 15.9 Å². The number of halogens is 1. The fraction of sp³-hybridized carbons (Fsp3) is 0.800. The lowest BCUT2D eigenvalue weighted by atomic mass is 10.6. The van der Waals surface area contributed by atoms with Crippen LogP contribution in [0.2, 0.25) is 0 Å². The Balaban J connectivity index is 3.93. The predicted octanol–water partition coefficient (Wildman–Crippen LogP) is -0.654. The van der Waals surface area contributed by atoms with E-state index < -0.39 is 10.0 Å². The van der Waals surface area contributed by atoms with Crippen molar-refractivity contribution in [1.82, 2.24) is 9.62 Å². The van der Waals surface area contributed by atoms with Crippen LogP contribution < -0.4 is 4.72 Å². The molecule has 0 radical (unpaired) electrons. The molecule has 72 valence electrons. The molecule has 0 saturated carbocycles. The van der Waals surface area contributed by atoms with Crippen molar-refractivity contribution in [1.29, 1.82) is 0 Å². The van der Waals surface area contributed by atoms with Crippen LogP contribution in [0.4, 0.5) is 0 Å². The molecule has 7 heteroatoms. The highest BCUT2D eigenvalue weighted by Gasteiger charge is 2.10. The maximum Gasteiger partial charge on any atom is 0.237 e. The Morgan fingerprint density at radius 1 is 1.50 bits per heavy atom. The van der Waals surface area contributed by atoms with E-state index in [4.69, 9.17) is 0 Å². The lowest BCUT2D eigenvalue weighted by Crippen LogP contribution is -2.36. The number of alkyl halides is 1. The number of carbonyl (C=O) groups excluding carboxylic acids is 1. The van der Waals surface area contributed by atoms with Crippen molar-refractivity contribution in [3.63, 3.8) is 0 Å². The molecule has 1 N–H and O–H groups in total. The molecule has 5 nitrogen and oxygen atoms in total. The molecule has 0 aliphatic rings. The summed E-state index contributed by atoms with van der Waals surface area (Å²) in [5.41, 5.74) is 0. The molecular formula is C5H11BrN2O3S. The Labute approximate surface area is 80.3 Å².